The number of nitrogens with two attached hydrogens (primary N) is 1. The minimum absolute atomic E-state index is 0.164. The molecule has 20 heavy (non-hydrogen) atoms. The number of anilines is 1. The average Bonchev–Trinajstić information content (AvgIpc) is 2.75. The molecule has 1 aromatic carbocycles. The summed E-state index contributed by atoms with van der Waals surface area (Å²) in [6, 6.07) is 3.91. The number of sulfonamides is 1. The molecule has 0 radical (unpaired) electrons. The van der Waals surface area contributed by atoms with Crippen LogP contribution >= 0.6 is 11.3 Å². The Bertz CT molecular complexity index is 739. The first-order valence-electron chi connectivity index (χ1n) is 5.91. The Kier molecular flexibility index (Phi) is 4.12. The van der Waals surface area contributed by atoms with Gasteiger partial charge in [-0.1, -0.05) is 0 Å². The molecule has 0 aliphatic carbocycles. The van der Waals surface area contributed by atoms with Crippen molar-refractivity contribution in [2.24, 2.45) is 5.73 Å². The maximum Gasteiger partial charge on any atom is 0.263 e. The van der Waals surface area contributed by atoms with E-state index < -0.39 is 15.8 Å². The van der Waals surface area contributed by atoms with Crippen LogP contribution in [0.25, 0.3) is 0 Å². The van der Waals surface area contributed by atoms with Crippen LogP contribution in [0.5, 0.6) is 0 Å². The highest BCUT2D eigenvalue weighted by atomic mass is 32.2. The van der Waals surface area contributed by atoms with Crippen molar-refractivity contribution in [3.8, 4) is 0 Å². The van der Waals surface area contributed by atoms with Crippen molar-refractivity contribution < 1.29 is 12.8 Å². The number of aryl methyl sites for hydroxylation is 2. The molecule has 1 heterocycles. The van der Waals surface area contributed by atoms with Crippen LogP contribution in [0, 0.1) is 19.7 Å². The van der Waals surface area contributed by atoms with Crippen molar-refractivity contribution in [1.82, 2.24) is 0 Å². The van der Waals surface area contributed by atoms with Crippen LogP contribution in [0.2, 0.25) is 0 Å². The van der Waals surface area contributed by atoms with E-state index in [9.17, 15) is 12.8 Å². The van der Waals surface area contributed by atoms with E-state index in [2.05, 4.69) is 4.72 Å². The van der Waals surface area contributed by atoms with Gasteiger partial charge in [0.25, 0.3) is 10.0 Å². The summed E-state index contributed by atoms with van der Waals surface area (Å²) >= 11 is 1.32. The molecule has 0 amide bonds. The van der Waals surface area contributed by atoms with Crippen molar-refractivity contribution in [3.63, 3.8) is 0 Å². The van der Waals surface area contributed by atoms with Gasteiger partial charge in [-0.15, -0.1) is 11.3 Å². The van der Waals surface area contributed by atoms with E-state index in [-0.39, 0.29) is 11.4 Å². The molecule has 0 saturated carbocycles. The van der Waals surface area contributed by atoms with E-state index in [1.54, 1.807) is 19.2 Å². The Morgan fingerprint density at radius 3 is 2.60 bits per heavy atom. The number of hydrogen-bond acceptors (Lipinski definition) is 4. The highest BCUT2D eigenvalue weighted by Gasteiger charge is 2.23. The fraction of sp³-hybridized carbons (Fsp3) is 0.231. The quantitative estimate of drug-likeness (QED) is 0.911. The molecule has 108 valence electrons. The molecular formula is C13H15FN2O2S2. The molecule has 0 bridgehead atoms. The van der Waals surface area contributed by atoms with Crippen LogP contribution in [0.3, 0.4) is 0 Å². The summed E-state index contributed by atoms with van der Waals surface area (Å²) in [7, 11) is -3.72. The summed E-state index contributed by atoms with van der Waals surface area (Å²) < 4.78 is 40.4. The minimum Gasteiger partial charge on any atom is -0.326 e. The third-order valence-electron chi connectivity index (χ3n) is 2.88. The number of rotatable bonds is 4. The molecule has 4 nitrogen and oxygen atoms in total. The van der Waals surface area contributed by atoms with Crippen LogP contribution in [0.15, 0.2) is 28.5 Å². The lowest BCUT2D eigenvalue weighted by Gasteiger charge is -2.11. The number of thiophene rings is 1. The van der Waals surface area contributed by atoms with E-state index in [1.807, 2.05) is 0 Å². The topological polar surface area (TPSA) is 72.2 Å². The van der Waals surface area contributed by atoms with Crippen LogP contribution < -0.4 is 10.5 Å². The Morgan fingerprint density at radius 2 is 2.00 bits per heavy atom. The van der Waals surface area contributed by atoms with Crippen molar-refractivity contribution in [2.45, 2.75) is 25.3 Å². The van der Waals surface area contributed by atoms with Crippen molar-refractivity contribution in [3.05, 3.63) is 45.4 Å². The average molecular weight is 314 g/mol. The molecule has 0 aliphatic rings. The van der Waals surface area contributed by atoms with E-state index in [0.29, 0.717) is 21.7 Å². The second-order valence-corrected chi connectivity index (χ2v) is 7.02. The molecule has 0 saturated heterocycles. The zero-order valence-electron chi connectivity index (χ0n) is 11.1. The van der Waals surface area contributed by atoms with Gasteiger partial charge in [0.05, 0.1) is 5.69 Å². The van der Waals surface area contributed by atoms with Gasteiger partial charge < -0.3 is 5.73 Å². The highest BCUT2D eigenvalue weighted by molar-refractivity contribution is 7.93. The monoisotopic (exact) mass is 314 g/mol. The Balaban J connectivity index is 2.43. The number of halogens is 1. The maximum atomic E-state index is 13.0. The standard InChI is InChI=1S/C13H15FN2O2S2/c1-8-5-10(14)3-4-11(8)16-20(17,18)13-9(2)7-19-12(13)6-15/h3-5,7,16H,6,15H2,1-2H3. The van der Waals surface area contributed by atoms with Crippen LogP contribution in [-0.4, -0.2) is 8.42 Å². The predicted molar refractivity (Wildman–Crippen MR) is 78.9 cm³/mol. The normalized spacial score (nSPS) is 11.6. The molecule has 1 aromatic heterocycles. The summed E-state index contributed by atoms with van der Waals surface area (Å²) in [6.07, 6.45) is 0. The molecule has 0 fully saturated rings. The summed E-state index contributed by atoms with van der Waals surface area (Å²) in [5.41, 5.74) is 7.11. The van der Waals surface area contributed by atoms with E-state index in [1.165, 1.54) is 29.5 Å². The lowest BCUT2D eigenvalue weighted by Crippen LogP contribution is -2.16. The smallest absolute Gasteiger partial charge is 0.263 e. The molecule has 2 rings (SSSR count). The lowest BCUT2D eigenvalue weighted by atomic mass is 10.2. The van der Waals surface area contributed by atoms with Gasteiger partial charge >= 0.3 is 0 Å². The zero-order valence-corrected chi connectivity index (χ0v) is 12.7. The van der Waals surface area contributed by atoms with Gasteiger partial charge in [0.15, 0.2) is 0 Å². The Labute approximate surface area is 121 Å². The SMILES string of the molecule is Cc1cc(F)ccc1NS(=O)(=O)c1c(C)csc1CN. The number of benzene rings is 1. The Hall–Kier alpha value is -1.44. The second-order valence-electron chi connectivity index (χ2n) is 4.44. The van der Waals surface area contributed by atoms with Gasteiger partial charge in [0, 0.05) is 11.4 Å². The number of nitrogens with one attached hydrogen (secondary N) is 1. The zero-order chi connectivity index (χ0) is 14.9. The van der Waals surface area contributed by atoms with Gasteiger partial charge in [-0.25, -0.2) is 12.8 Å². The Morgan fingerprint density at radius 1 is 1.30 bits per heavy atom. The molecule has 3 N–H and O–H groups in total. The first-order chi connectivity index (χ1) is 9.35. The van der Waals surface area contributed by atoms with Crippen LogP contribution in [0.1, 0.15) is 16.0 Å². The van der Waals surface area contributed by atoms with E-state index in [4.69, 9.17) is 5.73 Å². The van der Waals surface area contributed by atoms with Crippen molar-refractivity contribution in [2.75, 3.05) is 4.72 Å². The maximum absolute atomic E-state index is 13.0. The highest BCUT2D eigenvalue weighted by Crippen LogP contribution is 2.29. The van der Waals surface area contributed by atoms with Crippen LogP contribution in [-0.2, 0) is 16.6 Å². The molecule has 2 aromatic rings. The first kappa shape index (κ1) is 15.0. The second kappa shape index (κ2) is 5.51. The lowest BCUT2D eigenvalue weighted by molar-refractivity contribution is 0.599. The molecule has 0 unspecified atom stereocenters. The third kappa shape index (κ3) is 2.84. The fourth-order valence-electron chi connectivity index (χ4n) is 1.93. The van der Waals surface area contributed by atoms with Crippen LogP contribution in [0.4, 0.5) is 10.1 Å². The van der Waals surface area contributed by atoms with Gasteiger partial charge in [-0.2, -0.15) is 0 Å². The largest absolute Gasteiger partial charge is 0.326 e. The van der Waals surface area contributed by atoms with Gasteiger partial charge in [-0.05, 0) is 48.6 Å². The minimum atomic E-state index is -3.72. The summed E-state index contributed by atoms with van der Waals surface area (Å²) in [5, 5.41) is 1.76. The summed E-state index contributed by atoms with van der Waals surface area (Å²) in [5.74, 6) is -0.403. The number of hydrogen-bond donors (Lipinski definition) is 2. The fourth-order valence-corrected chi connectivity index (χ4v) is 4.76. The molecule has 0 atom stereocenters. The van der Waals surface area contributed by atoms with E-state index in [0.717, 1.165) is 0 Å². The molecule has 0 spiro atoms. The van der Waals surface area contributed by atoms with Gasteiger partial charge in [0.2, 0.25) is 0 Å². The third-order valence-corrected chi connectivity index (χ3v) is 5.73. The van der Waals surface area contributed by atoms with Gasteiger partial charge in [0.1, 0.15) is 10.7 Å². The summed E-state index contributed by atoms with van der Waals surface area (Å²) in [6.45, 7) is 3.53. The first-order valence-corrected chi connectivity index (χ1v) is 8.27. The van der Waals surface area contributed by atoms with Gasteiger partial charge in [-0.3, -0.25) is 4.72 Å². The molecule has 7 heteroatoms. The van der Waals surface area contributed by atoms with Crippen molar-refractivity contribution >= 4 is 27.0 Å². The van der Waals surface area contributed by atoms with Crippen molar-refractivity contribution in [1.29, 1.82) is 0 Å². The van der Waals surface area contributed by atoms with E-state index >= 15 is 0 Å². The molecular weight excluding hydrogens is 299 g/mol. The molecule has 0 aliphatic heterocycles. The summed E-state index contributed by atoms with van der Waals surface area (Å²) in [4.78, 5) is 0.823. The predicted octanol–water partition coefficient (Wildman–Crippen LogP) is 2.76.